The lowest BCUT2D eigenvalue weighted by molar-refractivity contribution is -0.129. The Hall–Kier alpha value is -2.46. The normalized spacial score (nSPS) is 14.5. The van der Waals surface area contributed by atoms with Crippen LogP contribution < -0.4 is 4.72 Å². The molecule has 0 saturated carbocycles. The van der Waals surface area contributed by atoms with Crippen LogP contribution in [0.5, 0.6) is 0 Å². The van der Waals surface area contributed by atoms with Crippen LogP contribution in [0.25, 0.3) is 10.9 Å². The van der Waals surface area contributed by atoms with E-state index in [-0.39, 0.29) is 21.3 Å². The number of aromatic amines is 1. The van der Waals surface area contributed by atoms with Gasteiger partial charge in [0.1, 0.15) is 10.0 Å². The molecule has 0 fully saturated rings. The van der Waals surface area contributed by atoms with Crippen LogP contribution in [0.15, 0.2) is 28.5 Å². The van der Waals surface area contributed by atoms with E-state index in [1.54, 1.807) is 17.0 Å². The zero-order valence-corrected chi connectivity index (χ0v) is 15.4. The lowest BCUT2D eigenvalue weighted by Gasteiger charge is -2.25. The van der Waals surface area contributed by atoms with E-state index in [9.17, 15) is 17.6 Å². The number of hydrogen-bond acceptors (Lipinski definition) is 5. The molecule has 4 rings (SSSR count). The van der Waals surface area contributed by atoms with Gasteiger partial charge in [-0.1, -0.05) is 6.07 Å². The van der Waals surface area contributed by atoms with Crippen molar-refractivity contribution in [3.63, 3.8) is 0 Å². The molecule has 1 amide bonds. The van der Waals surface area contributed by atoms with Gasteiger partial charge in [-0.15, -0.1) is 11.3 Å². The smallest absolute Gasteiger partial charge is 0.272 e. The molecular formula is C16H15FN4O3S2. The van der Waals surface area contributed by atoms with Crippen LogP contribution in [0, 0.1) is 5.82 Å². The fraction of sp³-hybridized carbons (Fsp3) is 0.250. The van der Waals surface area contributed by atoms with Crippen molar-refractivity contribution in [1.82, 2.24) is 15.1 Å². The van der Waals surface area contributed by atoms with E-state index >= 15 is 0 Å². The van der Waals surface area contributed by atoms with Crippen molar-refractivity contribution in [2.45, 2.75) is 24.1 Å². The largest absolute Gasteiger partial charge is 0.338 e. The lowest BCUT2D eigenvalue weighted by atomic mass is 10.1. The summed E-state index contributed by atoms with van der Waals surface area (Å²) in [5.74, 6) is -0.672. The number of nitrogens with one attached hydrogen (secondary N) is 2. The van der Waals surface area contributed by atoms with Crippen LogP contribution in [0.1, 0.15) is 17.4 Å². The topological polar surface area (TPSA) is 95.2 Å². The van der Waals surface area contributed by atoms with E-state index in [0.29, 0.717) is 25.0 Å². The zero-order valence-electron chi connectivity index (χ0n) is 13.7. The highest BCUT2D eigenvalue weighted by Gasteiger charge is 2.26. The molecule has 0 unspecified atom stereocenters. The first-order valence-electron chi connectivity index (χ1n) is 7.87. The minimum Gasteiger partial charge on any atom is -0.338 e. The molecular weight excluding hydrogens is 379 g/mol. The molecule has 0 bridgehead atoms. The number of halogens is 1. The van der Waals surface area contributed by atoms with E-state index in [0.717, 1.165) is 10.4 Å². The number of anilines is 1. The number of thiophene rings is 1. The second-order valence-electron chi connectivity index (χ2n) is 6.04. The average Bonchev–Trinajstić information content (AvgIpc) is 3.19. The van der Waals surface area contributed by atoms with Gasteiger partial charge in [-0.2, -0.15) is 5.10 Å². The van der Waals surface area contributed by atoms with E-state index in [4.69, 9.17) is 0 Å². The van der Waals surface area contributed by atoms with Crippen molar-refractivity contribution < 1.29 is 17.6 Å². The predicted molar refractivity (Wildman–Crippen MR) is 96.0 cm³/mol. The summed E-state index contributed by atoms with van der Waals surface area (Å²) < 4.78 is 42.0. The first kappa shape index (κ1) is 17.0. The van der Waals surface area contributed by atoms with E-state index < -0.39 is 15.8 Å². The van der Waals surface area contributed by atoms with Crippen LogP contribution in [-0.4, -0.2) is 36.0 Å². The summed E-state index contributed by atoms with van der Waals surface area (Å²) in [6.07, 6.45) is 0.620. The Kier molecular flexibility index (Phi) is 3.96. The number of benzene rings is 1. The molecule has 26 heavy (non-hydrogen) atoms. The Morgan fingerprint density at radius 3 is 3.00 bits per heavy atom. The molecule has 3 heterocycles. The van der Waals surface area contributed by atoms with Gasteiger partial charge >= 0.3 is 0 Å². The number of rotatable bonds is 3. The maximum Gasteiger partial charge on any atom is 0.272 e. The van der Waals surface area contributed by atoms with Crippen LogP contribution in [-0.2, 0) is 27.8 Å². The summed E-state index contributed by atoms with van der Waals surface area (Å²) in [6.45, 7) is 2.47. The van der Waals surface area contributed by atoms with Gasteiger partial charge in [0.05, 0.1) is 10.9 Å². The molecule has 1 aromatic carbocycles. The van der Waals surface area contributed by atoms with Gasteiger partial charge in [0.15, 0.2) is 5.82 Å². The fourth-order valence-corrected chi connectivity index (χ4v) is 5.55. The standard InChI is InChI=1S/C16H15FN4O3S2/c1-9(22)21-6-5-13-10(8-21)7-14(25-13)26(23,24)20-16-15-11(17)3-2-4-12(15)18-19-16/h2-4,7H,5-6,8H2,1H3,(H2,18,19,20). The number of hydrogen-bond donors (Lipinski definition) is 2. The van der Waals surface area contributed by atoms with Gasteiger partial charge in [-0.3, -0.25) is 14.6 Å². The number of fused-ring (bicyclic) bond motifs is 2. The maximum atomic E-state index is 14.0. The molecule has 0 saturated heterocycles. The van der Waals surface area contributed by atoms with Gasteiger partial charge < -0.3 is 4.90 Å². The van der Waals surface area contributed by atoms with Crippen molar-refractivity contribution in [1.29, 1.82) is 0 Å². The van der Waals surface area contributed by atoms with Crippen LogP contribution >= 0.6 is 11.3 Å². The number of amides is 1. The maximum absolute atomic E-state index is 14.0. The molecule has 2 aromatic heterocycles. The number of sulfonamides is 1. The highest BCUT2D eigenvalue weighted by molar-refractivity contribution is 7.94. The molecule has 7 nitrogen and oxygen atoms in total. The van der Waals surface area contributed by atoms with Crippen molar-refractivity contribution in [2.75, 3.05) is 11.3 Å². The summed E-state index contributed by atoms with van der Waals surface area (Å²) in [7, 11) is -3.91. The Morgan fingerprint density at radius 1 is 1.42 bits per heavy atom. The second-order valence-corrected chi connectivity index (χ2v) is 9.09. The number of nitrogens with zero attached hydrogens (tertiary/aromatic N) is 2. The number of H-pyrrole nitrogens is 1. The van der Waals surface area contributed by atoms with Gasteiger partial charge in [-0.05, 0) is 30.2 Å². The minimum atomic E-state index is -3.91. The van der Waals surface area contributed by atoms with Gasteiger partial charge in [0, 0.05) is 24.9 Å². The molecule has 136 valence electrons. The Labute approximate surface area is 152 Å². The third-order valence-corrected chi connectivity index (χ3v) is 7.37. The molecule has 2 N–H and O–H groups in total. The van der Waals surface area contributed by atoms with Crippen molar-refractivity contribution >= 4 is 44.0 Å². The third kappa shape index (κ3) is 2.84. The Morgan fingerprint density at radius 2 is 2.23 bits per heavy atom. The van der Waals surface area contributed by atoms with Gasteiger partial charge in [-0.25, -0.2) is 12.8 Å². The van der Waals surface area contributed by atoms with Crippen molar-refractivity contribution in [3.05, 3.63) is 40.5 Å². The zero-order chi connectivity index (χ0) is 18.5. The molecule has 0 spiro atoms. The summed E-state index contributed by atoms with van der Waals surface area (Å²) >= 11 is 1.17. The fourth-order valence-electron chi connectivity index (χ4n) is 2.99. The van der Waals surface area contributed by atoms with Crippen molar-refractivity contribution in [3.8, 4) is 0 Å². The number of aromatic nitrogens is 2. The number of carbonyl (C=O) groups excluding carboxylic acids is 1. The van der Waals surface area contributed by atoms with Crippen LogP contribution in [0.3, 0.4) is 0 Å². The second kappa shape index (κ2) is 6.06. The molecule has 0 radical (unpaired) electrons. The number of carbonyl (C=O) groups is 1. The van der Waals surface area contributed by atoms with E-state index in [2.05, 4.69) is 14.9 Å². The first-order chi connectivity index (χ1) is 12.3. The summed E-state index contributed by atoms with van der Waals surface area (Å²) in [5.41, 5.74) is 1.24. The average molecular weight is 394 g/mol. The highest BCUT2D eigenvalue weighted by Crippen LogP contribution is 2.33. The van der Waals surface area contributed by atoms with Gasteiger partial charge in [0.25, 0.3) is 10.0 Å². The molecule has 1 aliphatic heterocycles. The van der Waals surface area contributed by atoms with E-state index in [1.165, 1.54) is 30.4 Å². The summed E-state index contributed by atoms with van der Waals surface area (Å²) in [5, 5.41) is 6.59. The van der Waals surface area contributed by atoms with Crippen LogP contribution in [0.2, 0.25) is 0 Å². The van der Waals surface area contributed by atoms with E-state index in [1.807, 2.05) is 0 Å². The summed E-state index contributed by atoms with van der Waals surface area (Å²) in [6, 6.07) is 5.95. The SMILES string of the molecule is CC(=O)N1CCc2sc(S(=O)(=O)Nc3n[nH]c4cccc(F)c34)cc2C1. The Bertz CT molecular complexity index is 1120. The summed E-state index contributed by atoms with van der Waals surface area (Å²) in [4.78, 5) is 14.2. The monoisotopic (exact) mass is 394 g/mol. The minimum absolute atomic E-state index is 0.0390. The first-order valence-corrected chi connectivity index (χ1v) is 10.2. The Balaban J connectivity index is 1.66. The quantitative estimate of drug-likeness (QED) is 0.713. The van der Waals surface area contributed by atoms with Crippen LogP contribution in [0.4, 0.5) is 10.2 Å². The molecule has 10 heteroatoms. The molecule has 1 aliphatic rings. The van der Waals surface area contributed by atoms with Crippen molar-refractivity contribution in [2.24, 2.45) is 0 Å². The van der Waals surface area contributed by atoms with Gasteiger partial charge in [0.2, 0.25) is 5.91 Å². The molecule has 3 aromatic rings. The highest BCUT2D eigenvalue weighted by atomic mass is 32.2. The predicted octanol–water partition coefficient (Wildman–Crippen LogP) is 2.47. The molecule has 0 atom stereocenters. The molecule has 0 aliphatic carbocycles. The lowest BCUT2D eigenvalue weighted by Crippen LogP contribution is -2.33. The third-order valence-electron chi connectivity index (χ3n) is 4.32.